The summed E-state index contributed by atoms with van der Waals surface area (Å²) in [7, 11) is 0. The van der Waals surface area contributed by atoms with Gasteiger partial charge in [-0.05, 0) is 43.1 Å². The molecule has 3 aliphatic rings. The molecule has 1 saturated carbocycles. The van der Waals surface area contributed by atoms with Gasteiger partial charge in [-0.15, -0.1) is 0 Å². The summed E-state index contributed by atoms with van der Waals surface area (Å²) >= 11 is 0. The van der Waals surface area contributed by atoms with E-state index in [9.17, 15) is 9.90 Å². The number of aliphatic hydroxyl groups excluding tert-OH is 1. The molecule has 1 heterocycles. The van der Waals surface area contributed by atoms with E-state index in [-0.39, 0.29) is 23.9 Å². The fourth-order valence-corrected chi connectivity index (χ4v) is 4.03. The Hall–Kier alpha value is -0.830. The third-order valence-corrected chi connectivity index (χ3v) is 5.16. The van der Waals surface area contributed by atoms with Gasteiger partial charge in [0.05, 0.1) is 11.5 Å². The van der Waals surface area contributed by atoms with Crippen molar-refractivity contribution in [3.05, 3.63) is 11.6 Å². The standard InChI is InChI=1S/C14H20O3/c1-8-3-4-11-10(5-8)12(15)6-9-7-17-13(16)14(9,11)2/h6,8,10-12,15H,3-5,7H2,1-2H3/t8-,10-,11-,12+,14-/m0/s1. The third-order valence-electron chi connectivity index (χ3n) is 5.16. The predicted octanol–water partition coefficient (Wildman–Crippen LogP) is 1.90. The van der Waals surface area contributed by atoms with Crippen LogP contribution in [0, 0.1) is 23.2 Å². The first-order valence-corrected chi connectivity index (χ1v) is 6.60. The van der Waals surface area contributed by atoms with E-state index in [0.717, 1.165) is 24.8 Å². The first kappa shape index (κ1) is 11.3. The van der Waals surface area contributed by atoms with Crippen LogP contribution < -0.4 is 0 Å². The molecule has 0 aromatic rings. The van der Waals surface area contributed by atoms with Gasteiger partial charge in [-0.25, -0.2) is 0 Å². The highest BCUT2D eigenvalue weighted by molar-refractivity contribution is 5.84. The molecule has 0 aromatic carbocycles. The van der Waals surface area contributed by atoms with Gasteiger partial charge in [-0.1, -0.05) is 19.4 Å². The largest absolute Gasteiger partial charge is 0.460 e. The number of rotatable bonds is 0. The highest BCUT2D eigenvalue weighted by Gasteiger charge is 2.57. The fourth-order valence-electron chi connectivity index (χ4n) is 4.03. The van der Waals surface area contributed by atoms with Crippen molar-refractivity contribution in [1.29, 1.82) is 0 Å². The first-order valence-electron chi connectivity index (χ1n) is 6.60. The summed E-state index contributed by atoms with van der Waals surface area (Å²) in [5, 5.41) is 10.2. The third kappa shape index (κ3) is 1.41. The second-order valence-corrected chi connectivity index (χ2v) is 6.15. The smallest absolute Gasteiger partial charge is 0.316 e. The summed E-state index contributed by atoms with van der Waals surface area (Å²) in [4.78, 5) is 12.0. The van der Waals surface area contributed by atoms with Crippen molar-refractivity contribution >= 4 is 5.97 Å². The van der Waals surface area contributed by atoms with Gasteiger partial charge in [-0.3, -0.25) is 4.79 Å². The Morgan fingerprint density at radius 1 is 1.47 bits per heavy atom. The van der Waals surface area contributed by atoms with Crippen molar-refractivity contribution in [2.75, 3.05) is 6.61 Å². The lowest BCUT2D eigenvalue weighted by Gasteiger charge is -2.47. The number of aliphatic hydroxyl groups is 1. The molecule has 0 radical (unpaired) electrons. The predicted molar refractivity (Wildman–Crippen MR) is 63.2 cm³/mol. The molecule has 1 aliphatic heterocycles. The summed E-state index contributed by atoms with van der Waals surface area (Å²) in [6.07, 6.45) is 4.71. The zero-order valence-electron chi connectivity index (χ0n) is 10.5. The number of hydrogen-bond donors (Lipinski definition) is 1. The Labute approximate surface area is 102 Å². The van der Waals surface area contributed by atoms with E-state index in [1.54, 1.807) is 0 Å². The lowest BCUT2D eigenvalue weighted by atomic mass is 9.56. The summed E-state index contributed by atoms with van der Waals surface area (Å²) in [6, 6.07) is 0. The van der Waals surface area contributed by atoms with Crippen molar-refractivity contribution in [2.24, 2.45) is 23.2 Å². The van der Waals surface area contributed by atoms with Gasteiger partial charge in [0.15, 0.2) is 0 Å². The van der Waals surface area contributed by atoms with E-state index in [4.69, 9.17) is 4.74 Å². The minimum Gasteiger partial charge on any atom is -0.460 e. The minimum absolute atomic E-state index is 0.0831. The summed E-state index contributed by atoms with van der Waals surface area (Å²) < 4.78 is 5.21. The average Bonchev–Trinajstić information content (AvgIpc) is 2.58. The number of carbonyl (C=O) groups is 1. The maximum absolute atomic E-state index is 12.0. The van der Waals surface area contributed by atoms with E-state index in [2.05, 4.69) is 6.92 Å². The van der Waals surface area contributed by atoms with Crippen LogP contribution in [-0.2, 0) is 9.53 Å². The Morgan fingerprint density at radius 2 is 2.24 bits per heavy atom. The van der Waals surface area contributed by atoms with Crippen molar-refractivity contribution < 1.29 is 14.6 Å². The van der Waals surface area contributed by atoms with E-state index in [0.29, 0.717) is 12.5 Å². The monoisotopic (exact) mass is 236 g/mol. The molecule has 1 N–H and O–H groups in total. The zero-order valence-corrected chi connectivity index (χ0v) is 10.5. The van der Waals surface area contributed by atoms with Crippen LogP contribution in [0.4, 0.5) is 0 Å². The molecule has 1 saturated heterocycles. The lowest BCUT2D eigenvalue weighted by Crippen LogP contribution is -2.48. The lowest BCUT2D eigenvalue weighted by molar-refractivity contribution is -0.150. The van der Waals surface area contributed by atoms with Crippen molar-refractivity contribution in [1.82, 2.24) is 0 Å². The highest BCUT2D eigenvalue weighted by Crippen LogP contribution is 2.54. The van der Waals surface area contributed by atoms with Crippen LogP contribution in [0.15, 0.2) is 11.6 Å². The number of fused-ring (bicyclic) bond motifs is 3. The number of ether oxygens (including phenoxy) is 1. The Kier molecular flexibility index (Phi) is 2.37. The van der Waals surface area contributed by atoms with Crippen molar-refractivity contribution in [3.8, 4) is 0 Å². The molecule has 0 bridgehead atoms. The maximum Gasteiger partial charge on any atom is 0.316 e. The second kappa shape index (κ2) is 3.58. The number of hydrogen-bond acceptors (Lipinski definition) is 3. The molecule has 2 aliphatic carbocycles. The van der Waals surface area contributed by atoms with Crippen LogP contribution in [0.3, 0.4) is 0 Å². The van der Waals surface area contributed by atoms with Gasteiger partial charge in [-0.2, -0.15) is 0 Å². The Bertz CT molecular complexity index is 387. The van der Waals surface area contributed by atoms with Crippen molar-refractivity contribution in [2.45, 2.75) is 39.2 Å². The molecule has 3 heteroatoms. The first-order chi connectivity index (χ1) is 8.03. The van der Waals surface area contributed by atoms with Gasteiger partial charge in [0.25, 0.3) is 0 Å². The Balaban J connectivity index is 2.02. The molecular weight excluding hydrogens is 216 g/mol. The van der Waals surface area contributed by atoms with E-state index in [1.807, 2.05) is 13.0 Å². The van der Waals surface area contributed by atoms with Gasteiger partial charge in [0.1, 0.15) is 6.61 Å². The maximum atomic E-state index is 12.0. The van der Waals surface area contributed by atoms with Crippen LogP contribution >= 0.6 is 0 Å². The van der Waals surface area contributed by atoms with Crippen LogP contribution in [-0.4, -0.2) is 23.8 Å². The molecule has 0 aromatic heterocycles. The second-order valence-electron chi connectivity index (χ2n) is 6.15. The van der Waals surface area contributed by atoms with E-state index in [1.165, 1.54) is 0 Å². The number of esters is 1. The van der Waals surface area contributed by atoms with Gasteiger partial charge >= 0.3 is 5.97 Å². The molecule has 3 rings (SSSR count). The normalized spacial score (nSPS) is 49.1. The molecule has 3 nitrogen and oxygen atoms in total. The van der Waals surface area contributed by atoms with Gasteiger partial charge in [0.2, 0.25) is 0 Å². The minimum atomic E-state index is -0.454. The van der Waals surface area contributed by atoms with Crippen molar-refractivity contribution in [3.63, 3.8) is 0 Å². The average molecular weight is 236 g/mol. The Morgan fingerprint density at radius 3 is 3.00 bits per heavy atom. The molecule has 0 unspecified atom stereocenters. The highest BCUT2D eigenvalue weighted by atomic mass is 16.5. The van der Waals surface area contributed by atoms with Crippen LogP contribution in [0.2, 0.25) is 0 Å². The van der Waals surface area contributed by atoms with Crippen LogP contribution in [0.25, 0.3) is 0 Å². The van der Waals surface area contributed by atoms with Crippen LogP contribution in [0.1, 0.15) is 33.1 Å². The molecule has 0 amide bonds. The number of carbonyl (C=O) groups excluding carboxylic acids is 1. The molecule has 2 fully saturated rings. The molecule has 94 valence electrons. The summed E-state index contributed by atoms with van der Waals surface area (Å²) in [5.74, 6) is 1.07. The molecule has 5 atom stereocenters. The molecular formula is C14H20O3. The number of cyclic esters (lactones) is 1. The van der Waals surface area contributed by atoms with E-state index < -0.39 is 5.41 Å². The van der Waals surface area contributed by atoms with Gasteiger partial charge < -0.3 is 9.84 Å². The van der Waals surface area contributed by atoms with Crippen LogP contribution in [0.5, 0.6) is 0 Å². The topological polar surface area (TPSA) is 46.5 Å². The zero-order chi connectivity index (χ0) is 12.2. The summed E-state index contributed by atoms with van der Waals surface area (Å²) in [5.41, 5.74) is 0.551. The quantitative estimate of drug-likeness (QED) is 0.516. The molecule has 17 heavy (non-hydrogen) atoms. The fraction of sp³-hybridized carbons (Fsp3) is 0.786. The van der Waals surface area contributed by atoms with E-state index >= 15 is 0 Å². The van der Waals surface area contributed by atoms with Gasteiger partial charge in [0, 0.05) is 0 Å². The summed E-state index contributed by atoms with van der Waals surface area (Å²) in [6.45, 7) is 4.62. The SMILES string of the molecule is C[C@H]1CC[C@H]2[C@H](C1)[C@H](O)C=C1COC(=O)[C@@]12C. The molecule has 0 spiro atoms.